The fraction of sp³-hybridized carbons (Fsp3) is 0.744. The molecular formula is C43H62O11. The highest BCUT2D eigenvalue weighted by Crippen LogP contribution is 2.47. The normalized spacial score (nSPS) is 48.9. The first kappa shape index (κ1) is 40.0. The molecule has 3 saturated heterocycles. The lowest BCUT2D eigenvalue weighted by Gasteiger charge is -2.49. The summed E-state index contributed by atoms with van der Waals surface area (Å²) < 4.78 is 44.8. The van der Waals surface area contributed by atoms with E-state index in [9.17, 15) is 20.1 Å². The van der Waals surface area contributed by atoms with E-state index < -0.39 is 72.3 Å². The van der Waals surface area contributed by atoms with Crippen molar-refractivity contribution in [3.63, 3.8) is 0 Å². The summed E-state index contributed by atoms with van der Waals surface area (Å²) in [6.07, 6.45) is 15.5. The summed E-state index contributed by atoms with van der Waals surface area (Å²) >= 11 is 0. The van der Waals surface area contributed by atoms with E-state index in [0.717, 1.165) is 18.4 Å². The second-order valence-electron chi connectivity index (χ2n) is 17.1. The van der Waals surface area contributed by atoms with E-state index in [0.29, 0.717) is 42.7 Å². The molecule has 1 spiro atoms. The molecule has 2 aliphatic carbocycles. The zero-order valence-electron chi connectivity index (χ0n) is 32.8. The summed E-state index contributed by atoms with van der Waals surface area (Å²) in [5, 5.41) is 34.2. The Kier molecular flexibility index (Phi) is 12.1. The van der Waals surface area contributed by atoms with Crippen molar-refractivity contribution >= 4 is 5.97 Å². The Balaban J connectivity index is 1.24. The maximum absolute atomic E-state index is 14.3. The molecule has 15 atom stereocenters. The number of esters is 1. The Bertz CT molecular complexity index is 1510. The number of aliphatic hydroxyl groups is 3. The van der Waals surface area contributed by atoms with Gasteiger partial charge in [-0.25, -0.2) is 0 Å². The quantitative estimate of drug-likeness (QED) is 0.252. The van der Waals surface area contributed by atoms with Crippen LogP contribution < -0.4 is 0 Å². The first-order chi connectivity index (χ1) is 25.8. The molecule has 0 radical (unpaired) electrons. The third kappa shape index (κ3) is 7.87. The largest absolute Gasteiger partial charge is 0.462 e. The van der Waals surface area contributed by atoms with Crippen molar-refractivity contribution in [2.24, 2.45) is 23.7 Å². The highest BCUT2D eigenvalue weighted by Gasteiger charge is 2.60. The number of aliphatic hydroxyl groups excluding tert-OH is 2. The van der Waals surface area contributed by atoms with Crippen molar-refractivity contribution in [2.75, 3.05) is 13.7 Å². The van der Waals surface area contributed by atoms with Crippen molar-refractivity contribution in [3.8, 4) is 0 Å². The minimum absolute atomic E-state index is 0.00602. The van der Waals surface area contributed by atoms with Gasteiger partial charge in [0.25, 0.3) is 0 Å². The summed E-state index contributed by atoms with van der Waals surface area (Å²) in [5.41, 5.74) is 0.217. The number of carbonyl (C=O) groups is 1. The van der Waals surface area contributed by atoms with Crippen LogP contribution in [0.1, 0.15) is 92.4 Å². The second kappa shape index (κ2) is 16.3. The maximum atomic E-state index is 14.3. The zero-order valence-corrected chi connectivity index (χ0v) is 32.8. The van der Waals surface area contributed by atoms with Crippen LogP contribution >= 0.6 is 0 Å². The fourth-order valence-electron chi connectivity index (χ4n) is 9.99. The smallest absolute Gasteiger partial charge is 0.316 e. The summed E-state index contributed by atoms with van der Waals surface area (Å²) in [7, 11) is 1.59. The third-order valence-corrected chi connectivity index (χ3v) is 13.2. The van der Waals surface area contributed by atoms with E-state index >= 15 is 0 Å². The Morgan fingerprint density at radius 2 is 1.72 bits per heavy atom. The van der Waals surface area contributed by atoms with Crippen LogP contribution in [-0.2, 0) is 38.0 Å². The van der Waals surface area contributed by atoms with E-state index in [1.165, 1.54) is 19.3 Å². The lowest BCUT2D eigenvalue weighted by atomic mass is 9.71. The molecule has 5 aliphatic heterocycles. The molecule has 5 heterocycles. The van der Waals surface area contributed by atoms with Gasteiger partial charge in [0.05, 0.1) is 37.1 Å². The Morgan fingerprint density at radius 3 is 2.48 bits per heavy atom. The molecule has 7 rings (SSSR count). The van der Waals surface area contributed by atoms with Crippen molar-refractivity contribution in [2.45, 2.75) is 165 Å². The standard InChI is InChI=1S/C43H62O11/c1-24-11-10-14-30-23-49-40-36(44)27(4)19-33(43(30,40)47)41(46)51-32-20-31(16-15-25(2)38(24)52-35-21-34(48-6)37(45)28(5)50-35)53-42(22-32)18-17-26(3)39(54-42)29-12-8-7-9-13-29/h10-11,14-15,17-19,24,26,28-29,31-40,44-45,47H,7-9,12-13,16,20-23H2,1-6H3/b11-10+,25-15+,30-14+/t24-,26-,28-,31+,32-,33-,34-,35-,36+,37-,38-,39-,40+,42+,43+/m1/s1. The van der Waals surface area contributed by atoms with Gasteiger partial charge in [-0.05, 0) is 68.7 Å². The average Bonchev–Trinajstić information content (AvgIpc) is 3.49. The van der Waals surface area contributed by atoms with Crippen LogP contribution in [-0.4, -0.2) is 108 Å². The number of hydrogen-bond acceptors (Lipinski definition) is 11. The van der Waals surface area contributed by atoms with Crippen LogP contribution in [0.25, 0.3) is 0 Å². The van der Waals surface area contributed by atoms with Gasteiger partial charge < -0.3 is 48.5 Å². The highest BCUT2D eigenvalue weighted by molar-refractivity contribution is 5.78. The van der Waals surface area contributed by atoms with Crippen LogP contribution in [0.15, 0.2) is 59.3 Å². The van der Waals surface area contributed by atoms with Crippen LogP contribution in [0.3, 0.4) is 0 Å². The van der Waals surface area contributed by atoms with Crippen LogP contribution in [0, 0.1) is 23.7 Å². The molecule has 300 valence electrons. The van der Waals surface area contributed by atoms with Gasteiger partial charge in [-0.2, -0.15) is 0 Å². The third-order valence-electron chi connectivity index (χ3n) is 13.2. The van der Waals surface area contributed by atoms with Gasteiger partial charge in [-0.15, -0.1) is 0 Å². The maximum Gasteiger partial charge on any atom is 0.316 e. The molecule has 11 nitrogen and oxygen atoms in total. The second-order valence-corrected chi connectivity index (χ2v) is 17.1. The van der Waals surface area contributed by atoms with Gasteiger partial charge in [0.1, 0.15) is 35.9 Å². The number of hydrogen-bond donors (Lipinski definition) is 3. The minimum atomic E-state index is -1.81. The monoisotopic (exact) mass is 754 g/mol. The van der Waals surface area contributed by atoms with Gasteiger partial charge in [0.15, 0.2) is 12.1 Å². The average molecular weight is 755 g/mol. The predicted molar refractivity (Wildman–Crippen MR) is 200 cm³/mol. The van der Waals surface area contributed by atoms with Gasteiger partial charge >= 0.3 is 5.97 Å². The molecule has 11 heteroatoms. The van der Waals surface area contributed by atoms with E-state index in [1.54, 1.807) is 26.2 Å². The molecule has 0 aromatic carbocycles. The Morgan fingerprint density at radius 1 is 0.944 bits per heavy atom. The van der Waals surface area contributed by atoms with Crippen molar-refractivity contribution in [1.29, 1.82) is 0 Å². The predicted octanol–water partition coefficient (Wildman–Crippen LogP) is 5.38. The summed E-state index contributed by atoms with van der Waals surface area (Å²) in [6.45, 7) is 9.92. The van der Waals surface area contributed by atoms with Crippen LogP contribution in [0.5, 0.6) is 0 Å². The summed E-state index contributed by atoms with van der Waals surface area (Å²) in [5.74, 6) is -2.20. The molecule has 0 amide bonds. The molecule has 7 aliphatic rings. The first-order valence-corrected chi connectivity index (χ1v) is 20.3. The van der Waals surface area contributed by atoms with Gasteiger partial charge in [0, 0.05) is 38.2 Å². The summed E-state index contributed by atoms with van der Waals surface area (Å²) in [6, 6.07) is 0. The number of allylic oxidation sites excluding steroid dienone is 2. The molecule has 0 aromatic rings. The van der Waals surface area contributed by atoms with Crippen LogP contribution in [0.4, 0.5) is 0 Å². The first-order valence-electron chi connectivity index (χ1n) is 20.3. The Labute approximate surface area is 320 Å². The lowest BCUT2D eigenvalue weighted by Crippen LogP contribution is -2.58. The molecule has 0 unspecified atom stereocenters. The molecule has 4 fully saturated rings. The SMILES string of the molecule is CO[C@@H]1C[C@@H](O[C@H]2/C(C)=C/C[C@H]3C[C@H](C[C@@]4(C=C[C@@H](C)[C@H](C5CCCCC5)O4)O3)OC(=O)[C@H]3C=C(C)[C@H](O)[C@@H]4OC/C(=C\C=C\[C@H]2C)[C@]34O)O[C@H](C)[C@H]1O. The number of methoxy groups -OCH3 is 1. The van der Waals surface area contributed by atoms with E-state index in [4.69, 9.17) is 33.2 Å². The molecule has 0 aromatic heterocycles. The number of rotatable bonds is 4. The van der Waals surface area contributed by atoms with Crippen LogP contribution in [0.2, 0.25) is 0 Å². The minimum Gasteiger partial charge on any atom is -0.462 e. The van der Waals surface area contributed by atoms with Gasteiger partial charge in [-0.3, -0.25) is 4.79 Å². The van der Waals surface area contributed by atoms with E-state index in [1.807, 2.05) is 32.1 Å². The zero-order chi connectivity index (χ0) is 38.4. The molecule has 2 bridgehead atoms. The topological polar surface area (TPSA) is 142 Å². The van der Waals surface area contributed by atoms with Gasteiger partial charge in [0.2, 0.25) is 0 Å². The van der Waals surface area contributed by atoms with E-state index in [-0.39, 0.29) is 30.7 Å². The Hall–Kier alpha value is -2.19. The molecular weight excluding hydrogens is 692 g/mol. The number of fused-ring (bicyclic) bond motifs is 2. The molecule has 54 heavy (non-hydrogen) atoms. The number of carbonyl (C=O) groups excluding carboxylic acids is 1. The van der Waals surface area contributed by atoms with Crippen molar-refractivity contribution in [1.82, 2.24) is 0 Å². The van der Waals surface area contributed by atoms with Crippen molar-refractivity contribution < 1.29 is 53.3 Å². The number of ether oxygens (including phenoxy) is 7. The molecule has 1 saturated carbocycles. The molecule has 3 N–H and O–H groups in total. The van der Waals surface area contributed by atoms with Gasteiger partial charge in [-0.1, -0.05) is 69.6 Å². The fourth-order valence-corrected chi connectivity index (χ4v) is 9.99. The highest BCUT2D eigenvalue weighted by atomic mass is 16.7. The van der Waals surface area contributed by atoms with E-state index in [2.05, 4.69) is 26.0 Å². The lowest BCUT2D eigenvalue weighted by molar-refractivity contribution is -0.301. The van der Waals surface area contributed by atoms with Crippen molar-refractivity contribution in [3.05, 3.63) is 59.3 Å². The summed E-state index contributed by atoms with van der Waals surface area (Å²) in [4.78, 5) is 14.3.